The standard InChI is InChI=1S/C17H26N2O/c18-16-11-13(10-15(12-16)14-3-4-14)2-1-7-19-8-5-17(20)6-9-19/h10-12,14,17,20H,1-9,18H2. The molecule has 0 atom stereocenters. The Morgan fingerprint density at radius 1 is 1.10 bits per heavy atom. The van der Waals surface area contributed by atoms with Crippen LogP contribution in [0, 0.1) is 0 Å². The number of piperidine rings is 1. The van der Waals surface area contributed by atoms with Gasteiger partial charge in [0.25, 0.3) is 0 Å². The van der Waals surface area contributed by atoms with Crippen LogP contribution >= 0.6 is 0 Å². The van der Waals surface area contributed by atoms with Crippen LogP contribution in [0.2, 0.25) is 0 Å². The van der Waals surface area contributed by atoms with E-state index in [9.17, 15) is 5.11 Å². The molecule has 0 radical (unpaired) electrons. The zero-order valence-corrected chi connectivity index (χ0v) is 12.2. The van der Waals surface area contributed by atoms with Crippen molar-refractivity contribution in [2.24, 2.45) is 0 Å². The number of hydrogen-bond donors (Lipinski definition) is 2. The SMILES string of the molecule is Nc1cc(CCCN2CCC(O)CC2)cc(C2CC2)c1. The van der Waals surface area contributed by atoms with Gasteiger partial charge in [-0.1, -0.05) is 6.07 Å². The quantitative estimate of drug-likeness (QED) is 0.811. The Bertz CT molecular complexity index is 448. The van der Waals surface area contributed by atoms with Crippen LogP contribution in [0.25, 0.3) is 0 Å². The van der Waals surface area contributed by atoms with Crippen LogP contribution < -0.4 is 5.73 Å². The highest BCUT2D eigenvalue weighted by Gasteiger charge is 2.24. The van der Waals surface area contributed by atoms with Crippen LogP contribution in [-0.4, -0.2) is 35.7 Å². The summed E-state index contributed by atoms with van der Waals surface area (Å²) in [4.78, 5) is 2.47. The minimum Gasteiger partial charge on any atom is -0.399 e. The predicted octanol–water partition coefficient (Wildman–Crippen LogP) is 2.54. The molecule has 1 aliphatic carbocycles. The minimum absolute atomic E-state index is 0.0683. The van der Waals surface area contributed by atoms with E-state index in [2.05, 4.69) is 23.1 Å². The fourth-order valence-electron chi connectivity index (χ4n) is 3.19. The number of nitrogens with two attached hydrogens (primary N) is 1. The molecule has 1 aromatic carbocycles. The molecule has 1 aliphatic heterocycles. The van der Waals surface area contributed by atoms with E-state index >= 15 is 0 Å². The molecule has 0 amide bonds. The van der Waals surface area contributed by atoms with Crippen molar-refractivity contribution in [2.75, 3.05) is 25.4 Å². The number of benzene rings is 1. The zero-order valence-electron chi connectivity index (χ0n) is 12.2. The zero-order chi connectivity index (χ0) is 13.9. The summed E-state index contributed by atoms with van der Waals surface area (Å²) in [5.74, 6) is 0.779. The predicted molar refractivity (Wildman–Crippen MR) is 82.8 cm³/mol. The Morgan fingerprint density at radius 3 is 2.55 bits per heavy atom. The van der Waals surface area contributed by atoms with Gasteiger partial charge in [-0.2, -0.15) is 0 Å². The van der Waals surface area contributed by atoms with Crippen LogP contribution in [0.15, 0.2) is 18.2 Å². The van der Waals surface area contributed by atoms with E-state index in [-0.39, 0.29) is 6.10 Å². The lowest BCUT2D eigenvalue weighted by atomic mass is 10.0. The fraction of sp³-hybridized carbons (Fsp3) is 0.647. The first kappa shape index (κ1) is 13.9. The van der Waals surface area contributed by atoms with Gasteiger partial charge in [-0.3, -0.25) is 0 Å². The summed E-state index contributed by atoms with van der Waals surface area (Å²) in [6.07, 6.45) is 6.76. The lowest BCUT2D eigenvalue weighted by molar-refractivity contribution is 0.0821. The van der Waals surface area contributed by atoms with Crippen molar-refractivity contribution in [2.45, 2.75) is 50.5 Å². The second-order valence-corrected chi connectivity index (χ2v) is 6.46. The topological polar surface area (TPSA) is 49.5 Å². The monoisotopic (exact) mass is 274 g/mol. The highest BCUT2D eigenvalue weighted by atomic mass is 16.3. The highest BCUT2D eigenvalue weighted by Crippen LogP contribution is 2.41. The Morgan fingerprint density at radius 2 is 1.85 bits per heavy atom. The van der Waals surface area contributed by atoms with Gasteiger partial charge in [0.15, 0.2) is 0 Å². The third-order valence-electron chi connectivity index (χ3n) is 4.58. The average molecular weight is 274 g/mol. The first-order valence-electron chi connectivity index (χ1n) is 8.00. The van der Waals surface area contributed by atoms with E-state index in [1.54, 1.807) is 0 Å². The molecule has 3 nitrogen and oxygen atoms in total. The number of anilines is 1. The number of likely N-dealkylation sites (tertiary alicyclic amines) is 1. The Hall–Kier alpha value is -1.06. The third kappa shape index (κ3) is 3.74. The molecule has 0 unspecified atom stereocenters. The van der Waals surface area contributed by atoms with Gasteiger partial charge in [-0.25, -0.2) is 0 Å². The van der Waals surface area contributed by atoms with Gasteiger partial charge in [0, 0.05) is 18.8 Å². The Balaban J connectivity index is 1.48. The number of nitrogens with zero attached hydrogens (tertiary/aromatic N) is 1. The molecule has 1 aromatic rings. The van der Waals surface area contributed by atoms with Gasteiger partial charge in [-0.05, 0) is 74.2 Å². The molecule has 2 fully saturated rings. The van der Waals surface area contributed by atoms with Crippen molar-refractivity contribution in [3.8, 4) is 0 Å². The van der Waals surface area contributed by atoms with Crippen LogP contribution in [0.1, 0.15) is 49.1 Å². The first-order valence-corrected chi connectivity index (χ1v) is 8.00. The fourth-order valence-corrected chi connectivity index (χ4v) is 3.19. The normalized spacial score (nSPS) is 21.2. The van der Waals surface area contributed by atoms with Crippen molar-refractivity contribution in [3.63, 3.8) is 0 Å². The van der Waals surface area contributed by atoms with E-state index < -0.39 is 0 Å². The van der Waals surface area contributed by atoms with E-state index in [1.807, 2.05) is 0 Å². The molecule has 0 aromatic heterocycles. The molecule has 110 valence electrons. The second kappa shape index (κ2) is 6.15. The molecule has 2 aliphatic rings. The largest absolute Gasteiger partial charge is 0.399 e. The van der Waals surface area contributed by atoms with Crippen molar-refractivity contribution >= 4 is 5.69 Å². The minimum atomic E-state index is -0.0683. The van der Waals surface area contributed by atoms with E-state index in [1.165, 1.54) is 30.4 Å². The molecule has 1 heterocycles. The van der Waals surface area contributed by atoms with Crippen LogP contribution in [0.4, 0.5) is 5.69 Å². The lowest BCUT2D eigenvalue weighted by Crippen LogP contribution is -2.36. The summed E-state index contributed by atoms with van der Waals surface area (Å²) < 4.78 is 0. The van der Waals surface area contributed by atoms with E-state index in [0.717, 1.165) is 50.5 Å². The van der Waals surface area contributed by atoms with Gasteiger partial charge >= 0.3 is 0 Å². The molecule has 1 saturated heterocycles. The van der Waals surface area contributed by atoms with Gasteiger partial charge in [0.05, 0.1) is 6.10 Å². The average Bonchev–Trinajstić information content (AvgIpc) is 3.25. The lowest BCUT2D eigenvalue weighted by Gasteiger charge is -2.29. The number of hydrogen-bond acceptors (Lipinski definition) is 3. The van der Waals surface area contributed by atoms with Crippen LogP contribution in [-0.2, 0) is 6.42 Å². The number of rotatable bonds is 5. The Labute approximate surface area is 121 Å². The maximum absolute atomic E-state index is 9.51. The number of aliphatic hydroxyl groups is 1. The molecule has 1 saturated carbocycles. The molecule has 3 N–H and O–H groups in total. The van der Waals surface area contributed by atoms with E-state index in [4.69, 9.17) is 5.73 Å². The summed E-state index contributed by atoms with van der Waals surface area (Å²) >= 11 is 0. The molecule has 3 rings (SSSR count). The highest BCUT2D eigenvalue weighted by molar-refractivity contribution is 5.46. The van der Waals surface area contributed by atoms with E-state index in [0.29, 0.717) is 0 Å². The summed E-state index contributed by atoms with van der Waals surface area (Å²) in [6.45, 7) is 3.23. The maximum atomic E-state index is 9.51. The van der Waals surface area contributed by atoms with Crippen molar-refractivity contribution in [1.82, 2.24) is 4.90 Å². The van der Waals surface area contributed by atoms with Crippen molar-refractivity contribution in [3.05, 3.63) is 29.3 Å². The molecule has 0 spiro atoms. The maximum Gasteiger partial charge on any atom is 0.0564 e. The van der Waals surface area contributed by atoms with Crippen molar-refractivity contribution < 1.29 is 5.11 Å². The number of aryl methyl sites for hydroxylation is 1. The summed E-state index contributed by atoms with van der Waals surface area (Å²) in [6, 6.07) is 6.63. The van der Waals surface area contributed by atoms with Gasteiger partial charge < -0.3 is 15.7 Å². The van der Waals surface area contributed by atoms with Crippen LogP contribution in [0.5, 0.6) is 0 Å². The molecular weight excluding hydrogens is 248 g/mol. The summed E-state index contributed by atoms with van der Waals surface area (Å²) in [5, 5.41) is 9.51. The summed E-state index contributed by atoms with van der Waals surface area (Å²) in [5.41, 5.74) is 9.78. The second-order valence-electron chi connectivity index (χ2n) is 6.46. The number of aliphatic hydroxyl groups excluding tert-OH is 1. The third-order valence-corrected chi connectivity index (χ3v) is 4.58. The number of nitrogen functional groups attached to an aromatic ring is 1. The molecular formula is C17H26N2O. The smallest absolute Gasteiger partial charge is 0.0564 e. The molecule has 3 heteroatoms. The first-order chi connectivity index (χ1) is 9.70. The van der Waals surface area contributed by atoms with Crippen molar-refractivity contribution in [1.29, 1.82) is 0 Å². The summed E-state index contributed by atoms with van der Waals surface area (Å²) in [7, 11) is 0. The molecule has 20 heavy (non-hydrogen) atoms. The Kier molecular flexibility index (Phi) is 4.27. The molecule has 0 bridgehead atoms. The van der Waals surface area contributed by atoms with Gasteiger partial charge in [0.1, 0.15) is 0 Å². The van der Waals surface area contributed by atoms with Crippen LogP contribution in [0.3, 0.4) is 0 Å². The van der Waals surface area contributed by atoms with Gasteiger partial charge in [-0.15, -0.1) is 0 Å². The van der Waals surface area contributed by atoms with Gasteiger partial charge in [0.2, 0.25) is 0 Å².